The lowest BCUT2D eigenvalue weighted by atomic mass is 9.87. The van der Waals surface area contributed by atoms with Gasteiger partial charge in [-0.25, -0.2) is 22.2 Å². The van der Waals surface area contributed by atoms with Gasteiger partial charge in [0, 0.05) is 29.2 Å². The Morgan fingerprint density at radius 1 is 1.08 bits per heavy atom. The molecule has 4 saturated carbocycles. The summed E-state index contributed by atoms with van der Waals surface area (Å²) in [7, 11) is -2.54. The van der Waals surface area contributed by atoms with Crippen LogP contribution in [0.2, 0.25) is 0 Å². The Morgan fingerprint density at radius 2 is 1.86 bits per heavy atom. The van der Waals surface area contributed by atoms with Gasteiger partial charge in [0.2, 0.25) is 21.8 Å². The van der Waals surface area contributed by atoms with Crippen LogP contribution in [0.25, 0.3) is 10.9 Å². The maximum absolute atomic E-state index is 14.9. The number of hydrogen-bond acceptors (Lipinski definition) is 10. The number of fused-ring (bicyclic) bond motifs is 6. The maximum atomic E-state index is 14.9. The van der Waals surface area contributed by atoms with Crippen LogP contribution in [-0.2, 0) is 40.4 Å². The van der Waals surface area contributed by atoms with Crippen LogP contribution in [0, 0.1) is 23.7 Å². The number of alkyl halides is 2. The van der Waals surface area contributed by atoms with Gasteiger partial charge in [0.05, 0.1) is 30.3 Å². The molecule has 2 N–H and O–H groups in total. The molecule has 4 heterocycles. The zero-order chi connectivity index (χ0) is 41.5. The molecule has 1 aromatic heterocycles. The van der Waals surface area contributed by atoms with Crippen molar-refractivity contribution in [1.29, 1.82) is 0 Å². The highest BCUT2D eigenvalue weighted by atomic mass is 32.2. The van der Waals surface area contributed by atoms with Crippen LogP contribution in [0.1, 0.15) is 114 Å². The number of amides is 3. The van der Waals surface area contributed by atoms with Crippen molar-refractivity contribution in [3.05, 3.63) is 41.6 Å². The van der Waals surface area contributed by atoms with Gasteiger partial charge >= 0.3 is 5.97 Å². The largest absolute Gasteiger partial charge is 0.497 e. The first-order chi connectivity index (χ1) is 28.1. The minimum Gasteiger partial charge on any atom is -0.497 e. The van der Waals surface area contributed by atoms with Gasteiger partial charge < -0.3 is 24.4 Å². The average molecular weight is 839 g/mol. The predicted molar refractivity (Wildman–Crippen MR) is 210 cm³/mol. The van der Waals surface area contributed by atoms with E-state index in [0.29, 0.717) is 66.2 Å². The van der Waals surface area contributed by atoms with Gasteiger partial charge in [-0.1, -0.05) is 25.0 Å². The number of carbonyl (C=O) groups is 4. The van der Waals surface area contributed by atoms with E-state index in [-0.39, 0.29) is 50.5 Å². The molecule has 16 heteroatoms. The van der Waals surface area contributed by atoms with E-state index in [2.05, 4.69) is 15.0 Å². The van der Waals surface area contributed by atoms with Crippen LogP contribution in [0.5, 0.6) is 11.5 Å². The SMILES string of the molecule is COc1ccc2nc(C(F)F)c3c(c2c1)CC[C@]1(C[C@H]2C(=O)N[C@]4(C(=O)NS(=O)(=O)C5(C)CC5)C[C@H]4/C=C\CCCCC[C@H](CC(=O)OC4C[C@@H]5C[C@@H]5C4)C(=O)N2C1)O3. The number of nitrogens with zero attached hydrogens (tertiary/aromatic N) is 2. The topological polar surface area (TPSA) is 170 Å². The summed E-state index contributed by atoms with van der Waals surface area (Å²) in [4.78, 5) is 62.8. The van der Waals surface area contributed by atoms with E-state index in [1.165, 1.54) is 12.0 Å². The number of sulfonamides is 1. The Kier molecular flexibility index (Phi) is 9.98. The number of hydrogen-bond donors (Lipinski definition) is 2. The Labute approximate surface area is 342 Å². The number of benzene rings is 1. The molecule has 7 aliphatic rings. The van der Waals surface area contributed by atoms with Crippen LogP contribution < -0.4 is 19.5 Å². The molecule has 0 radical (unpaired) electrons. The second-order valence-electron chi connectivity index (χ2n) is 18.4. The standard InChI is InChI=1S/C43H52F2N4O9S/c1-41(14-15-41)59(54,55)48-40(53)43-21-27(43)9-7-5-3-4-6-8-24(19-34(50)57-29-17-25-16-26(25)18-29)39(52)49-23-42(22-33(49)38(51)47-43)13-12-30-31-20-28(56-2)10-11-32(31)46-35(37(44)45)36(30)58-42/h7,9-11,20,24-27,29,33,37H,3-6,8,12-19,21-23H2,1-2H3,(H,47,51)(H,48,53)/b9-7-/t24-,25-,26+,27-,29?,33+,42-,43-/m1/s1. The molecule has 1 unspecified atom stereocenters. The van der Waals surface area contributed by atoms with Crippen molar-refractivity contribution < 1.29 is 50.6 Å². The maximum Gasteiger partial charge on any atom is 0.306 e. The Bertz CT molecular complexity index is 2220. The van der Waals surface area contributed by atoms with E-state index >= 15 is 0 Å². The molecule has 1 saturated heterocycles. The summed E-state index contributed by atoms with van der Waals surface area (Å²) in [5.41, 5.74) is -2.56. The van der Waals surface area contributed by atoms with Gasteiger partial charge in [-0.3, -0.25) is 23.9 Å². The van der Waals surface area contributed by atoms with Gasteiger partial charge in [0.25, 0.3) is 12.3 Å². The third-order valence-electron chi connectivity index (χ3n) is 14.3. The van der Waals surface area contributed by atoms with Gasteiger partial charge in [-0.05, 0) is 108 Å². The van der Waals surface area contributed by atoms with Crippen molar-refractivity contribution in [3.63, 3.8) is 0 Å². The van der Waals surface area contributed by atoms with Crippen molar-refractivity contribution in [2.45, 2.75) is 138 Å². The molecular weight excluding hydrogens is 787 g/mol. The lowest BCUT2D eigenvalue weighted by Gasteiger charge is -2.37. The number of nitrogens with one attached hydrogen (secondary N) is 2. The van der Waals surface area contributed by atoms with Crippen molar-refractivity contribution in [2.75, 3.05) is 13.7 Å². The van der Waals surface area contributed by atoms with Crippen molar-refractivity contribution >= 4 is 44.6 Å². The summed E-state index contributed by atoms with van der Waals surface area (Å²) in [5.74, 6) is -2.18. The minimum absolute atomic E-state index is 0.0978. The van der Waals surface area contributed by atoms with Gasteiger partial charge in [0.1, 0.15) is 34.7 Å². The van der Waals surface area contributed by atoms with Crippen LogP contribution in [0.15, 0.2) is 30.4 Å². The molecular formula is C43H52F2N4O9S. The average Bonchev–Trinajstić information content (AvgIpc) is 4.16. The summed E-state index contributed by atoms with van der Waals surface area (Å²) >= 11 is 0. The molecule has 9 rings (SSSR count). The summed E-state index contributed by atoms with van der Waals surface area (Å²) in [6.45, 7) is 1.43. The monoisotopic (exact) mass is 838 g/mol. The zero-order valence-corrected chi connectivity index (χ0v) is 34.3. The van der Waals surface area contributed by atoms with E-state index < -0.39 is 79.6 Å². The number of halogens is 2. The number of methoxy groups -OCH3 is 1. The zero-order valence-electron chi connectivity index (χ0n) is 33.5. The highest BCUT2D eigenvalue weighted by Gasteiger charge is 2.64. The van der Waals surface area contributed by atoms with Gasteiger partial charge in [-0.15, -0.1) is 0 Å². The van der Waals surface area contributed by atoms with Crippen molar-refractivity contribution in [1.82, 2.24) is 19.9 Å². The van der Waals surface area contributed by atoms with Crippen LogP contribution in [0.4, 0.5) is 8.78 Å². The second-order valence-corrected chi connectivity index (χ2v) is 20.6. The lowest BCUT2D eigenvalue weighted by molar-refractivity contribution is -0.154. The Hall–Kier alpha value is -4.34. The summed E-state index contributed by atoms with van der Waals surface area (Å²) in [6, 6.07) is 3.75. The Balaban J connectivity index is 1.05. The van der Waals surface area contributed by atoms with Crippen molar-refractivity contribution in [3.8, 4) is 11.5 Å². The van der Waals surface area contributed by atoms with Gasteiger partial charge in [0.15, 0.2) is 5.75 Å². The first-order valence-corrected chi connectivity index (χ1v) is 22.6. The number of pyridine rings is 1. The molecule has 13 nitrogen and oxygen atoms in total. The molecule has 4 aliphatic carbocycles. The smallest absolute Gasteiger partial charge is 0.306 e. The minimum atomic E-state index is -4.05. The number of aromatic nitrogens is 1. The van der Waals surface area contributed by atoms with Crippen LogP contribution >= 0.6 is 0 Å². The lowest BCUT2D eigenvalue weighted by Crippen LogP contribution is -2.57. The number of carbonyl (C=O) groups excluding carboxylic acids is 4. The second kappa shape index (κ2) is 14.7. The molecule has 1 spiro atoms. The molecule has 5 fully saturated rings. The normalized spacial score (nSPS) is 33.9. The first-order valence-electron chi connectivity index (χ1n) is 21.2. The van der Waals surface area contributed by atoms with Gasteiger partial charge in [-0.2, -0.15) is 0 Å². The number of esters is 1. The first kappa shape index (κ1) is 40.1. The Morgan fingerprint density at radius 3 is 2.59 bits per heavy atom. The molecule has 3 amide bonds. The van der Waals surface area contributed by atoms with Crippen LogP contribution in [-0.4, -0.2) is 83.7 Å². The van der Waals surface area contributed by atoms with Crippen LogP contribution in [0.3, 0.4) is 0 Å². The quantitative estimate of drug-likeness (QED) is 0.253. The number of aryl methyl sites for hydroxylation is 1. The summed E-state index contributed by atoms with van der Waals surface area (Å²) < 4.78 is 75.1. The third-order valence-corrected chi connectivity index (χ3v) is 16.4. The molecule has 318 valence electrons. The molecule has 2 aromatic rings. The fourth-order valence-electron chi connectivity index (χ4n) is 10.1. The fourth-order valence-corrected chi connectivity index (χ4v) is 11.4. The number of rotatable bonds is 8. The van der Waals surface area contributed by atoms with E-state index in [1.807, 2.05) is 12.2 Å². The number of allylic oxidation sites excluding steroid dienone is 1. The molecule has 8 atom stereocenters. The third kappa shape index (κ3) is 7.45. The number of ether oxygens (including phenoxy) is 3. The summed E-state index contributed by atoms with van der Waals surface area (Å²) in [6.07, 6.45) is 7.88. The summed E-state index contributed by atoms with van der Waals surface area (Å²) in [5, 5.41) is 3.48. The molecule has 3 aliphatic heterocycles. The molecule has 0 bridgehead atoms. The molecule has 59 heavy (non-hydrogen) atoms. The van der Waals surface area contributed by atoms with E-state index in [0.717, 1.165) is 32.1 Å². The highest BCUT2D eigenvalue weighted by Crippen LogP contribution is 2.53. The van der Waals surface area contributed by atoms with E-state index in [1.54, 1.807) is 25.1 Å². The highest BCUT2D eigenvalue weighted by molar-refractivity contribution is 7.91. The van der Waals surface area contributed by atoms with Crippen molar-refractivity contribution in [2.24, 2.45) is 23.7 Å². The van der Waals surface area contributed by atoms with E-state index in [4.69, 9.17) is 14.2 Å². The molecule has 1 aromatic carbocycles. The van der Waals surface area contributed by atoms with E-state index in [9.17, 15) is 36.4 Å². The predicted octanol–water partition coefficient (Wildman–Crippen LogP) is 5.59. The fraction of sp³-hybridized carbons (Fsp3) is 0.651.